The Balaban J connectivity index is 1.20. The summed E-state index contributed by atoms with van der Waals surface area (Å²) in [5.74, 6) is -0.323. The van der Waals surface area contributed by atoms with Crippen molar-refractivity contribution in [3.05, 3.63) is 35.1 Å². The number of piperidine rings is 2. The van der Waals surface area contributed by atoms with Crippen molar-refractivity contribution in [1.29, 1.82) is 0 Å². The van der Waals surface area contributed by atoms with Gasteiger partial charge in [0.15, 0.2) is 23.6 Å². The van der Waals surface area contributed by atoms with Gasteiger partial charge in [0, 0.05) is 43.6 Å². The third-order valence-electron chi connectivity index (χ3n) is 11.8. The first-order chi connectivity index (χ1) is 26.4. The lowest BCUT2D eigenvalue weighted by Gasteiger charge is -2.56. The van der Waals surface area contributed by atoms with Gasteiger partial charge >= 0.3 is 12.1 Å². The highest BCUT2D eigenvalue weighted by Crippen LogP contribution is 2.63. The highest BCUT2D eigenvalue weighted by molar-refractivity contribution is 5.90. The molecule has 0 saturated carbocycles. The van der Waals surface area contributed by atoms with Crippen LogP contribution in [0.25, 0.3) is 0 Å². The van der Waals surface area contributed by atoms with E-state index in [9.17, 15) is 24.0 Å². The Morgan fingerprint density at radius 1 is 1.15 bits per heavy atom. The number of hydrogen-bond acceptors (Lipinski definition) is 11. The Morgan fingerprint density at radius 3 is 2.67 bits per heavy atom. The van der Waals surface area contributed by atoms with E-state index in [0.29, 0.717) is 30.4 Å². The van der Waals surface area contributed by atoms with Crippen molar-refractivity contribution in [2.24, 2.45) is 28.3 Å². The van der Waals surface area contributed by atoms with Crippen LogP contribution in [0.3, 0.4) is 0 Å². The fraction of sp³-hybridized carbons (Fsp3) is 0.632. The van der Waals surface area contributed by atoms with Crippen LogP contribution in [0.4, 0.5) is 4.79 Å². The van der Waals surface area contributed by atoms with Gasteiger partial charge in [0.25, 0.3) is 0 Å². The number of nitrogens with zero attached hydrogens (tertiary/aromatic N) is 3. The van der Waals surface area contributed by atoms with Gasteiger partial charge < -0.3 is 56.2 Å². The van der Waals surface area contributed by atoms with Crippen LogP contribution in [0.15, 0.2) is 29.0 Å². The molecule has 1 aromatic rings. The molecule has 1 aromatic carbocycles. The zero-order valence-electron chi connectivity index (χ0n) is 32.1. The third kappa shape index (κ3) is 8.02. The monoisotopic (exact) mass is 766 g/mol. The Kier molecular flexibility index (Phi) is 12.1. The largest absolute Gasteiger partial charge is 0.493 e. The summed E-state index contributed by atoms with van der Waals surface area (Å²) in [6, 6.07) is 2.77. The Bertz CT molecular complexity index is 1730. The van der Waals surface area contributed by atoms with Crippen molar-refractivity contribution in [3.8, 4) is 11.5 Å². The van der Waals surface area contributed by atoms with E-state index in [1.807, 2.05) is 12.1 Å². The molecule has 55 heavy (non-hydrogen) atoms. The molecule has 1 spiro atoms. The number of benzene rings is 1. The molecule has 2 fully saturated rings. The normalized spacial score (nSPS) is 26.6. The molecule has 300 valence electrons. The lowest BCUT2D eigenvalue weighted by atomic mass is 9.53. The number of likely N-dealkylation sites (tertiary alicyclic amines) is 2. The number of allylic oxidation sites excluding steroid dienone is 1. The molecule has 3 unspecified atom stereocenters. The molecule has 2 bridgehead atoms. The first-order valence-corrected chi connectivity index (χ1v) is 19.2. The number of aliphatic imine (C=N–C) groups is 1. The number of carbonyl (C=O) groups excluding carboxylic acids is 5. The van der Waals surface area contributed by atoms with E-state index in [4.69, 9.17) is 30.4 Å². The smallest absolute Gasteiger partial charge is 0.415 e. The maximum absolute atomic E-state index is 14.3. The van der Waals surface area contributed by atoms with E-state index in [2.05, 4.69) is 39.0 Å². The van der Waals surface area contributed by atoms with E-state index in [1.54, 1.807) is 18.9 Å². The minimum atomic E-state index is -0.989. The third-order valence-corrected chi connectivity index (χ3v) is 11.8. The molecule has 17 nitrogen and oxygen atoms in total. The topological polar surface area (TPSA) is 229 Å². The molecule has 4 amide bonds. The average Bonchev–Trinajstić information content (AvgIpc) is 3.51. The van der Waals surface area contributed by atoms with Crippen LogP contribution < -0.4 is 36.9 Å². The van der Waals surface area contributed by atoms with Crippen LogP contribution in [0.2, 0.25) is 0 Å². The quantitative estimate of drug-likeness (QED) is 0.0752. The molecular formula is C38H54N8O9. The number of likely N-dealkylation sites (N-methyl/N-ethyl adjacent to an activating group) is 1. The van der Waals surface area contributed by atoms with Crippen molar-refractivity contribution in [3.63, 3.8) is 0 Å². The number of rotatable bonds is 14. The Labute approximate surface area is 320 Å². The van der Waals surface area contributed by atoms with E-state index < -0.39 is 47.9 Å². The maximum Gasteiger partial charge on any atom is 0.415 e. The number of amides is 4. The first kappa shape index (κ1) is 39.6. The summed E-state index contributed by atoms with van der Waals surface area (Å²) in [7, 11) is 3.80. The standard InChI is InChI=1S/C38H54N8O9/c1-5-53-35(50)23-12-15-46(24(17-23)19-43-34(49)26(7-6-14-41-36(39)40)44-30(48)20-42-21(2)47)37(51)54-29-11-9-25-27-18-22-8-10-28(52-4)32-31(22)38(25,33(29)55-32)13-16-45(27)3/h8,10-11,23-27,33H,5-7,9,12-20H2,1-4H3,(H,42,47)(H,43,49)(H,44,48)(H4,39,40,41)/t23?,24?,25-,26-,27+,33?,38-/m0/s1. The molecule has 5 aliphatic rings. The molecule has 0 aromatic heterocycles. The number of methoxy groups -OCH3 is 1. The van der Waals surface area contributed by atoms with Gasteiger partial charge in [0.2, 0.25) is 17.7 Å². The molecule has 17 heteroatoms. The average molecular weight is 767 g/mol. The highest BCUT2D eigenvalue weighted by Gasteiger charge is 2.65. The number of nitrogens with one attached hydrogen (secondary N) is 3. The summed E-state index contributed by atoms with van der Waals surface area (Å²) in [5, 5.41) is 7.96. The van der Waals surface area contributed by atoms with E-state index in [-0.39, 0.29) is 68.9 Å². The predicted molar refractivity (Wildman–Crippen MR) is 200 cm³/mol. The number of guanidine groups is 1. The van der Waals surface area contributed by atoms with Crippen LogP contribution >= 0.6 is 0 Å². The van der Waals surface area contributed by atoms with Crippen LogP contribution in [-0.4, -0.2) is 123 Å². The lowest BCUT2D eigenvalue weighted by Crippen LogP contribution is -2.63. The van der Waals surface area contributed by atoms with E-state index >= 15 is 0 Å². The molecule has 3 aliphatic heterocycles. The number of ether oxygens (including phenoxy) is 4. The minimum absolute atomic E-state index is 0.0270. The molecule has 2 saturated heterocycles. The molecule has 2 aliphatic carbocycles. The zero-order chi connectivity index (χ0) is 39.4. The van der Waals surface area contributed by atoms with E-state index in [0.717, 1.165) is 31.6 Å². The summed E-state index contributed by atoms with van der Waals surface area (Å²) in [6.07, 6.45) is 4.48. The van der Waals surface area contributed by atoms with Gasteiger partial charge in [-0.1, -0.05) is 6.07 Å². The van der Waals surface area contributed by atoms with Crippen molar-refractivity contribution in [2.75, 3.05) is 53.5 Å². The number of nitrogens with two attached hydrogens (primary N) is 2. The van der Waals surface area contributed by atoms with Gasteiger partial charge in [0.05, 0.1) is 32.2 Å². The minimum Gasteiger partial charge on any atom is -0.493 e. The number of hydrogen-bond donors (Lipinski definition) is 5. The van der Waals surface area contributed by atoms with Crippen molar-refractivity contribution in [2.45, 2.75) is 88.4 Å². The van der Waals surface area contributed by atoms with Crippen LogP contribution in [0.5, 0.6) is 11.5 Å². The van der Waals surface area contributed by atoms with Gasteiger partial charge in [-0.3, -0.25) is 24.2 Å². The van der Waals surface area contributed by atoms with Crippen molar-refractivity contribution in [1.82, 2.24) is 25.8 Å². The Hall–Kier alpha value is -5.06. The van der Waals surface area contributed by atoms with Crippen LogP contribution in [0, 0.1) is 11.8 Å². The van der Waals surface area contributed by atoms with Crippen molar-refractivity contribution >= 4 is 35.7 Å². The second kappa shape index (κ2) is 16.8. The van der Waals surface area contributed by atoms with Crippen LogP contribution in [0.1, 0.15) is 63.5 Å². The van der Waals surface area contributed by atoms with Gasteiger partial charge in [-0.05, 0) is 89.1 Å². The zero-order valence-corrected chi connectivity index (χ0v) is 32.1. The number of esters is 1. The van der Waals surface area contributed by atoms with Crippen molar-refractivity contribution < 1.29 is 42.9 Å². The summed E-state index contributed by atoms with van der Waals surface area (Å²) < 4.78 is 24.1. The van der Waals surface area contributed by atoms with Gasteiger partial charge in [-0.25, -0.2) is 4.79 Å². The fourth-order valence-corrected chi connectivity index (χ4v) is 9.25. The van der Waals surface area contributed by atoms with Gasteiger partial charge in [-0.15, -0.1) is 0 Å². The Morgan fingerprint density at radius 2 is 1.95 bits per heavy atom. The second-order valence-corrected chi connectivity index (χ2v) is 15.0. The molecule has 3 heterocycles. The molecule has 6 rings (SSSR count). The van der Waals surface area contributed by atoms with Gasteiger partial charge in [0.1, 0.15) is 11.8 Å². The maximum atomic E-state index is 14.3. The first-order valence-electron chi connectivity index (χ1n) is 19.2. The second-order valence-electron chi connectivity index (χ2n) is 15.0. The fourth-order valence-electron chi connectivity index (χ4n) is 9.25. The van der Waals surface area contributed by atoms with Gasteiger partial charge in [-0.2, -0.15) is 0 Å². The summed E-state index contributed by atoms with van der Waals surface area (Å²) >= 11 is 0. The van der Waals surface area contributed by atoms with Crippen LogP contribution in [-0.2, 0) is 40.5 Å². The lowest BCUT2D eigenvalue weighted by molar-refractivity contribution is -0.150. The molecule has 7 N–H and O–H groups in total. The summed E-state index contributed by atoms with van der Waals surface area (Å²) in [6.45, 7) is 4.20. The highest BCUT2D eigenvalue weighted by atomic mass is 16.6. The predicted octanol–water partition coefficient (Wildman–Crippen LogP) is 0.429. The number of carbonyl (C=O) groups is 5. The molecular weight excluding hydrogens is 712 g/mol. The molecule has 0 radical (unpaired) electrons. The van der Waals surface area contributed by atoms with E-state index in [1.165, 1.54) is 18.1 Å². The SMILES string of the molecule is CCOC(=O)C1CCN(C(=O)OC2=CC[C@H]3[C@H]4Cc5ccc(OC)c6c5[C@@]3(CCN4C)C2O6)C(CNC(=O)[C@H](CCCN=C(N)N)NC(=O)CNC(C)=O)C1. The summed E-state index contributed by atoms with van der Waals surface area (Å²) in [5.41, 5.74) is 12.9. The summed E-state index contributed by atoms with van der Waals surface area (Å²) in [4.78, 5) is 72.7. The molecule has 7 atom stereocenters.